The maximum absolute atomic E-state index is 12.4. The number of alkyl halides is 7. The number of hydrogen-bond acceptors (Lipinski definition) is 2. The summed E-state index contributed by atoms with van der Waals surface area (Å²) in [6.07, 6.45) is -11.6. The van der Waals surface area contributed by atoms with Crippen molar-refractivity contribution in [3.8, 4) is 0 Å². The number of carbonyl (C=O) groups is 1. The van der Waals surface area contributed by atoms with Gasteiger partial charge in [-0.25, -0.2) is 4.39 Å². The molecule has 0 heterocycles. The van der Waals surface area contributed by atoms with Crippen LogP contribution in [-0.4, -0.2) is 30.9 Å². The Morgan fingerprint density at radius 2 is 1.47 bits per heavy atom. The molecule has 0 aromatic carbocycles. The normalized spacial score (nSPS) is 17.3. The number of carbonyl (C=O) groups excluding carboxylic acids is 1. The quantitative estimate of drug-likeness (QED) is 0.562. The summed E-state index contributed by atoms with van der Waals surface area (Å²) in [7, 11) is 0. The maximum Gasteiger partial charge on any atom is 0.459 e. The van der Waals surface area contributed by atoms with Crippen molar-refractivity contribution in [2.75, 3.05) is 6.67 Å². The molecule has 1 atom stereocenters. The standard InChI is InChI=1S/C5H2F8O2/c6-1-3(8,9)15-4(10,2(7)14)5(11,12)13/h1H2. The SMILES string of the molecule is O=C(F)C(F)(OC(F)(F)CF)C(F)(F)F. The highest BCUT2D eigenvalue weighted by atomic mass is 19.4. The van der Waals surface area contributed by atoms with Crippen LogP contribution in [0.25, 0.3) is 0 Å². The third-order valence-electron chi connectivity index (χ3n) is 1.06. The fourth-order valence-electron chi connectivity index (χ4n) is 0.442. The second-order valence-corrected chi connectivity index (χ2v) is 2.24. The lowest BCUT2D eigenvalue weighted by Crippen LogP contribution is -2.53. The largest absolute Gasteiger partial charge is 0.459 e. The van der Waals surface area contributed by atoms with Gasteiger partial charge in [-0.1, -0.05) is 0 Å². The van der Waals surface area contributed by atoms with Gasteiger partial charge < -0.3 is 0 Å². The molecule has 90 valence electrons. The van der Waals surface area contributed by atoms with E-state index in [0.717, 1.165) is 0 Å². The first-order chi connectivity index (χ1) is 6.46. The zero-order chi connectivity index (χ0) is 12.5. The average Bonchev–Trinajstić information content (AvgIpc) is 2.01. The van der Waals surface area contributed by atoms with Gasteiger partial charge in [-0.15, -0.1) is 0 Å². The molecule has 0 bridgehead atoms. The molecule has 0 aromatic rings. The molecule has 0 saturated heterocycles. The Bertz CT molecular complexity index is 248. The van der Waals surface area contributed by atoms with Gasteiger partial charge in [-0.2, -0.15) is 30.7 Å². The van der Waals surface area contributed by atoms with Gasteiger partial charge in [0.2, 0.25) is 0 Å². The molecular formula is C5H2F8O2. The van der Waals surface area contributed by atoms with Gasteiger partial charge in [0.25, 0.3) is 0 Å². The van der Waals surface area contributed by atoms with Crippen molar-refractivity contribution >= 4 is 6.04 Å². The highest BCUT2D eigenvalue weighted by Crippen LogP contribution is 2.40. The molecule has 0 aliphatic carbocycles. The molecule has 0 aromatic heterocycles. The van der Waals surface area contributed by atoms with Crippen LogP contribution in [0, 0.1) is 0 Å². The minimum atomic E-state index is -6.38. The van der Waals surface area contributed by atoms with Gasteiger partial charge in [0.1, 0.15) is 0 Å². The second kappa shape index (κ2) is 3.91. The van der Waals surface area contributed by atoms with E-state index in [2.05, 4.69) is 4.74 Å². The van der Waals surface area contributed by atoms with Gasteiger partial charge in [-0.05, 0) is 0 Å². The van der Waals surface area contributed by atoms with E-state index in [9.17, 15) is 39.9 Å². The average molecular weight is 246 g/mol. The summed E-state index contributed by atoms with van der Waals surface area (Å²) in [6.45, 7) is -2.85. The lowest BCUT2D eigenvalue weighted by Gasteiger charge is -2.26. The van der Waals surface area contributed by atoms with Crippen molar-refractivity contribution in [1.82, 2.24) is 0 Å². The van der Waals surface area contributed by atoms with Gasteiger partial charge >= 0.3 is 24.2 Å². The van der Waals surface area contributed by atoms with Gasteiger partial charge in [0.05, 0.1) is 0 Å². The third kappa shape index (κ3) is 3.01. The van der Waals surface area contributed by atoms with Crippen molar-refractivity contribution in [2.45, 2.75) is 18.1 Å². The Kier molecular flexibility index (Phi) is 3.67. The topological polar surface area (TPSA) is 26.3 Å². The van der Waals surface area contributed by atoms with Crippen LogP contribution < -0.4 is 0 Å². The molecule has 2 nitrogen and oxygen atoms in total. The number of rotatable bonds is 4. The molecule has 0 aliphatic heterocycles. The van der Waals surface area contributed by atoms with Crippen LogP contribution in [0.3, 0.4) is 0 Å². The fraction of sp³-hybridized carbons (Fsp3) is 0.800. The predicted octanol–water partition coefficient (Wildman–Crippen LogP) is 2.29. The number of ether oxygens (including phenoxy) is 1. The molecule has 0 spiro atoms. The van der Waals surface area contributed by atoms with E-state index in [1.165, 1.54) is 0 Å². The zero-order valence-electron chi connectivity index (χ0n) is 6.55. The zero-order valence-corrected chi connectivity index (χ0v) is 6.55. The van der Waals surface area contributed by atoms with Crippen LogP contribution >= 0.6 is 0 Å². The van der Waals surface area contributed by atoms with Crippen LogP contribution in [0.15, 0.2) is 0 Å². The first-order valence-electron chi connectivity index (χ1n) is 3.06. The van der Waals surface area contributed by atoms with Crippen molar-refractivity contribution in [3.63, 3.8) is 0 Å². The highest BCUT2D eigenvalue weighted by molar-refractivity contribution is 5.77. The van der Waals surface area contributed by atoms with Gasteiger partial charge in [-0.3, -0.25) is 9.53 Å². The molecule has 0 aliphatic rings. The second-order valence-electron chi connectivity index (χ2n) is 2.24. The van der Waals surface area contributed by atoms with E-state index in [1.807, 2.05) is 0 Å². The molecule has 10 heteroatoms. The lowest BCUT2D eigenvalue weighted by atomic mass is 10.3. The fourth-order valence-corrected chi connectivity index (χ4v) is 0.442. The van der Waals surface area contributed by atoms with Crippen molar-refractivity contribution in [3.05, 3.63) is 0 Å². The summed E-state index contributed by atoms with van der Waals surface area (Å²) in [6, 6.07) is -3.84. The Balaban J connectivity index is 5.09. The van der Waals surface area contributed by atoms with E-state index in [0.29, 0.717) is 0 Å². The summed E-state index contributed by atoms with van der Waals surface area (Å²) in [5.41, 5.74) is 0. The Morgan fingerprint density at radius 1 is 1.07 bits per heavy atom. The Morgan fingerprint density at radius 3 is 1.67 bits per heavy atom. The predicted molar refractivity (Wildman–Crippen MR) is 28.0 cm³/mol. The maximum atomic E-state index is 12.4. The summed E-state index contributed by atoms with van der Waals surface area (Å²) >= 11 is 0. The molecule has 0 amide bonds. The molecule has 0 N–H and O–H groups in total. The molecule has 0 fully saturated rings. The van der Waals surface area contributed by atoms with E-state index in [1.54, 1.807) is 0 Å². The molecule has 1 unspecified atom stereocenters. The van der Waals surface area contributed by atoms with Crippen LogP contribution in [0.2, 0.25) is 0 Å². The molecular weight excluding hydrogens is 244 g/mol. The van der Waals surface area contributed by atoms with E-state index in [-0.39, 0.29) is 0 Å². The number of hydrogen-bond donors (Lipinski definition) is 0. The van der Waals surface area contributed by atoms with Crippen LogP contribution in [-0.2, 0) is 9.53 Å². The van der Waals surface area contributed by atoms with E-state index >= 15 is 0 Å². The highest BCUT2D eigenvalue weighted by Gasteiger charge is 2.68. The third-order valence-corrected chi connectivity index (χ3v) is 1.06. The summed E-state index contributed by atoms with van der Waals surface area (Å²) in [5, 5.41) is 0. The van der Waals surface area contributed by atoms with Crippen molar-refractivity contribution in [2.24, 2.45) is 0 Å². The monoisotopic (exact) mass is 246 g/mol. The molecule has 0 rings (SSSR count). The molecule has 15 heavy (non-hydrogen) atoms. The first kappa shape index (κ1) is 14.1. The van der Waals surface area contributed by atoms with E-state index in [4.69, 9.17) is 0 Å². The lowest BCUT2D eigenvalue weighted by molar-refractivity contribution is -0.397. The van der Waals surface area contributed by atoms with Crippen molar-refractivity contribution < 1.29 is 44.7 Å². The Hall–Kier alpha value is -0.930. The van der Waals surface area contributed by atoms with Crippen LogP contribution in [0.4, 0.5) is 35.1 Å². The van der Waals surface area contributed by atoms with Gasteiger partial charge in [0.15, 0.2) is 6.67 Å². The van der Waals surface area contributed by atoms with E-state index < -0.39 is 30.9 Å². The minimum absolute atomic E-state index is 2.18. The van der Waals surface area contributed by atoms with Gasteiger partial charge in [0, 0.05) is 0 Å². The summed E-state index contributed by atoms with van der Waals surface area (Å²) in [5.74, 6) is -5.87. The smallest absolute Gasteiger partial charge is 0.264 e. The summed E-state index contributed by atoms with van der Waals surface area (Å²) in [4.78, 5) is 9.56. The minimum Gasteiger partial charge on any atom is -0.264 e. The summed E-state index contributed by atoms with van der Waals surface area (Å²) < 4.78 is 96.1. The number of halogens is 8. The molecule has 0 radical (unpaired) electrons. The Labute approximate surface area is 76.8 Å². The van der Waals surface area contributed by atoms with Crippen molar-refractivity contribution in [1.29, 1.82) is 0 Å². The van der Waals surface area contributed by atoms with Crippen LogP contribution in [0.1, 0.15) is 0 Å². The van der Waals surface area contributed by atoms with Crippen LogP contribution in [0.5, 0.6) is 0 Å². The first-order valence-corrected chi connectivity index (χ1v) is 3.06. The molecule has 0 saturated carbocycles.